The highest BCUT2D eigenvalue weighted by Crippen LogP contribution is 2.17. The highest BCUT2D eigenvalue weighted by Gasteiger charge is 2.28. The molecule has 20 heavy (non-hydrogen) atoms. The summed E-state index contributed by atoms with van der Waals surface area (Å²) in [6, 6.07) is 5.04. The zero-order chi connectivity index (χ0) is 14.8. The van der Waals surface area contributed by atoms with Gasteiger partial charge in [-0.3, -0.25) is 0 Å². The predicted molar refractivity (Wildman–Crippen MR) is 71.0 cm³/mol. The topological polar surface area (TPSA) is 107 Å². The molecule has 1 saturated heterocycles. The van der Waals surface area contributed by atoms with Gasteiger partial charge in [0, 0.05) is 26.2 Å². The molecule has 1 aliphatic rings. The van der Waals surface area contributed by atoms with Crippen molar-refractivity contribution in [3.8, 4) is 0 Å². The number of sulfonamides is 1. The fourth-order valence-corrected chi connectivity index (χ4v) is 3.48. The fraction of sp³-hybridized carbons (Fsp3) is 0.417. The summed E-state index contributed by atoms with van der Waals surface area (Å²) in [5, 5.41) is 21.4. The van der Waals surface area contributed by atoms with Crippen LogP contribution in [-0.2, 0) is 10.0 Å². The molecule has 7 nitrogen and oxygen atoms in total. The average molecular weight is 300 g/mol. The van der Waals surface area contributed by atoms with Gasteiger partial charge in [-0.25, -0.2) is 13.2 Å². The lowest BCUT2D eigenvalue weighted by Gasteiger charge is -2.21. The molecular formula is C12H16N2O5S. The van der Waals surface area contributed by atoms with Crippen LogP contribution in [0.25, 0.3) is 0 Å². The monoisotopic (exact) mass is 300 g/mol. The molecule has 0 unspecified atom stereocenters. The third kappa shape index (κ3) is 3.15. The van der Waals surface area contributed by atoms with Gasteiger partial charge in [0.2, 0.25) is 10.0 Å². The van der Waals surface area contributed by atoms with Crippen LogP contribution in [0.1, 0.15) is 10.4 Å². The molecule has 0 radical (unpaired) electrons. The van der Waals surface area contributed by atoms with E-state index >= 15 is 0 Å². The number of carboxylic acid groups (broad SMARTS) is 1. The highest BCUT2D eigenvalue weighted by molar-refractivity contribution is 7.89. The standard InChI is InChI=1S/C12H16N2O5S/c15-10-7-13-5-6-14(8-10)20(18,19)11-3-1-9(2-4-11)12(16)17/h1-4,10,13,15H,5-8H2,(H,16,17)/t10-/m0/s1. The van der Waals surface area contributed by atoms with Crippen molar-refractivity contribution >= 4 is 16.0 Å². The van der Waals surface area contributed by atoms with Gasteiger partial charge in [0.15, 0.2) is 0 Å². The van der Waals surface area contributed by atoms with E-state index in [0.717, 1.165) is 0 Å². The van der Waals surface area contributed by atoms with Gasteiger partial charge in [-0.15, -0.1) is 0 Å². The maximum Gasteiger partial charge on any atom is 0.335 e. The number of β-amino-alcohol motifs (C(OH)–C–C–N with tert-alkyl or cyclic N) is 1. The number of hydrogen-bond donors (Lipinski definition) is 3. The summed E-state index contributed by atoms with van der Waals surface area (Å²) in [4.78, 5) is 10.8. The zero-order valence-corrected chi connectivity index (χ0v) is 11.5. The number of aromatic carboxylic acids is 1. The smallest absolute Gasteiger partial charge is 0.335 e. The third-order valence-electron chi connectivity index (χ3n) is 3.07. The van der Waals surface area contributed by atoms with Crippen molar-refractivity contribution in [3.05, 3.63) is 29.8 Å². The van der Waals surface area contributed by atoms with Crippen molar-refractivity contribution in [2.75, 3.05) is 26.2 Å². The van der Waals surface area contributed by atoms with Crippen LogP contribution in [0.4, 0.5) is 0 Å². The minimum absolute atomic E-state index is 0.0238. The van der Waals surface area contributed by atoms with E-state index in [2.05, 4.69) is 5.32 Å². The largest absolute Gasteiger partial charge is 0.478 e. The number of carboxylic acids is 1. The van der Waals surface area contributed by atoms with E-state index in [1.807, 2.05) is 0 Å². The predicted octanol–water partition coefficient (Wildman–Crippen LogP) is -0.660. The fourth-order valence-electron chi connectivity index (χ4n) is 2.00. The van der Waals surface area contributed by atoms with Crippen LogP contribution in [0, 0.1) is 0 Å². The molecule has 0 saturated carbocycles. The van der Waals surface area contributed by atoms with E-state index in [4.69, 9.17) is 5.11 Å². The Labute approximate surface area is 116 Å². The van der Waals surface area contributed by atoms with Crippen molar-refractivity contribution in [2.45, 2.75) is 11.0 Å². The van der Waals surface area contributed by atoms with Crippen molar-refractivity contribution in [3.63, 3.8) is 0 Å². The Hall–Kier alpha value is -1.48. The number of nitrogens with zero attached hydrogens (tertiary/aromatic N) is 1. The van der Waals surface area contributed by atoms with Gasteiger partial charge in [0.1, 0.15) is 0 Å². The normalized spacial score (nSPS) is 21.4. The number of benzene rings is 1. The van der Waals surface area contributed by atoms with Crippen molar-refractivity contribution < 1.29 is 23.4 Å². The van der Waals surface area contributed by atoms with Gasteiger partial charge in [0.05, 0.1) is 16.6 Å². The first-order valence-corrected chi connectivity index (χ1v) is 7.57. The molecule has 1 heterocycles. The lowest BCUT2D eigenvalue weighted by atomic mass is 10.2. The first kappa shape index (κ1) is 14.9. The second-order valence-electron chi connectivity index (χ2n) is 4.55. The number of nitrogens with one attached hydrogen (secondary N) is 1. The van der Waals surface area contributed by atoms with Crippen LogP contribution >= 0.6 is 0 Å². The van der Waals surface area contributed by atoms with Crippen LogP contribution in [0.15, 0.2) is 29.2 Å². The molecule has 0 bridgehead atoms. The summed E-state index contributed by atoms with van der Waals surface area (Å²) in [5.74, 6) is -1.11. The second kappa shape index (κ2) is 5.88. The van der Waals surface area contributed by atoms with Crippen LogP contribution in [0.5, 0.6) is 0 Å². The van der Waals surface area contributed by atoms with E-state index in [1.165, 1.54) is 28.6 Å². The Morgan fingerprint density at radius 2 is 1.95 bits per heavy atom. The lowest BCUT2D eigenvalue weighted by Crippen LogP contribution is -2.37. The molecule has 110 valence electrons. The zero-order valence-electron chi connectivity index (χ0n) is 10.7. The maximum absolute atomic E-state index is 12.4. The molecule has 8 heteroatoms. The Kier molecular flexibility index (Phi) is 4.39. The highest BCUT2D eigenvalue weighted by atomic mass is 32.2. The number of aliphatic hydroxyl groups is 1. The molecule has 0 aromatic heterocycles. The molecule has 1 aromatic rings. The van der Waals surface area contributed by atoms with Gasteiger partial charge < -0.3 is 15.5 Å². The van der Waals surface area contributed by atoms with E-state index in [-0.39, 0.29) is 23.5 Å². The summed E-state index contributed by atoms with van der Waals surface area (Å²) in [6.07, 6.45) is -0.759. The molecule has 2 rings (SSSR count). The molecular weight excluding hydrogens is 284 g/mol. The Morgan fingerprint density at radius 1 is 1.30 bits per heavy atom. The van der Waals surface area contributed by atoms with Gasteiger partial charge in [-0.1, -0.05) is 0 Å². The molecule has 1 atom stereocenters. The molecule has 0 amide bonds. The van der Waals surface area contributed by atoms with E-state index in [0.29, 0.717) is 13.1 Å². The Balaban J connectivity index is 2.26. The average Bonchev–Trinajstić information content (AvgIpc) is 2.64. The first-order valence-electron chi connectivity index (χ1n) is 6.13. The first-order chi connectivity index (χ1) is 9.41. The Morgan fingerprint density at radius 3 is 2.55 bits per heavy atom. The van der Waals surface area contributed by atoms with Crippen LogP contribution in [0.2, 0.25) is 0 Å². The SMILES string of the molecule is O=C(O)c1ccc(S(=O)(=O)N2CCNC[C@H](O)C2)cc1. The number of carbonyl (C=O) groups is 1. The molecule has 1 aliphatic heterocycles. The summed E-state index contributed by atoms with van der Waals surface area (Å²) < 4.78 is 26.0. The maximum atomic E-state index is 12.4. The van der Waals surface area contributed by atoms with Gasteiger partial charge >= 0.3 is 5.97 Å². The molecule has 1 fully saturated rings. The van der Waals surface area contributed by atoms with Crippen LogP contribution < -0.4 is 5.32 Å². The molecule has 0 spiro atoms. The lowest BCUT2D eigenvalue weighted by molar-refractivity contribution is 0.0696. The number of hydrogen-bond acceptors (Lipinski definition) is 5. The van der Waals surface area contributed by atoms with E-state index in [1.54, 1.807) is 0 Å². The van der Waals surface area contributed by atoms with Gasteiger partial charge in [-0.05, 0) is 24.3 Å². The second-order valence-corrected chi connectivity index (χ2v) is 6.49. The molecule has 1 aromatic carbocycles. The van der Waals surface area contributed by atoms with Gasteiger partial charge in [0.25, 0.3) is 0 Å². The summed E-state index contributed by atoms with van der Waals surface area (Å²) in [6.45, 7) is 1.10. The van der Waals surface area contributed by atoms with Crippen LogP contribution in [-0.4, -0.2) is 61.2 Å². The van der Waals surface area contributed by atoms with E-state index in [9.17, 15) is 18.3 Å². The van der Waals surface area contributed by atoms with Crippen molar-refractivity contribution in [1.82, 2.24) is 9.62 Å². The summed E-state index contributed by atoms with van der Waals surface area (Å²) in [5.41, 5.74) is 0.0292. The summed E-state index contributed by atoms with van der Waals surface area (Å²) in [7, 11) is -3.72. The van der Waals surface area contributed by atoms with E-state index < -0.39 is 22.1 Å². The van der Waals surface area contributed by atoms with Crippen molar-refractivity contribution in [1.29, 1.82) is 0 Å². The van der Waals surface area contributed by atoms with Gasteiger partial charge in [-0.2, -0.15) is 4.31 Å². The molecule has 3 N–H and O–H groups in total. The van der Waals surface area contributed by atoms with Crippen molar-refractivity contribution in [2.24, 2.45) is 0 Å². The third-order valence-corrected chi connectivity index (χ3v) is 4.95. The number of aliphatic hydroxyl groups excluding tert-OH is 1. The van der Waals surface area contributed by atoms with Crippen LogP contribution in [0.3, 0.4) is 0 Å². The quantitative estimate of drug-likeness (QED) is 0.684. The summed E-state index contributed by atoms with van der Waals surface area (Å²) >= 11 is 0. The minimum Gasteiger partial charge on any atom is -0.478 e. The number of rotatable bonds is 3. The molecule has 0 aliphatic carbocycles. The Bertz CT molecular complexity index is 584. The minimum atomic E-state index is -3.72.